The molecule has 0 aliphatic heterocycles. The molecule has 2 aromatic rings. The maximum Gasteiger partial charge on any atom is 0.255 e. The summed E-state index contributed by atoms with van der Waals surface area (Å²) in [6, 6.07) is 5.53. The molecule has 8 heteroatoms. The molecule has 4 nitrogen and oxygen atoms in total. The summed E-state index contributed by atoms with van der Waals surface area (Å²) in [7, 11) is 0. The highest BCUT2D eigenvalue weighted by atomic mass is 35.5. The lowest BCUT2D eigenvalue weighted by Crippen LogP contribution is -2.16. The Labute approximate surface area is 122 Å². The topological polar surface area (TPSA) is 67.1 Å². The number of hydrogen-bond acceptors (Lipinski definition) is 3. The average Bonchev–Trinajstić information content (AvgIpc) is 2.43. The highest BCUT2D eigenvalue weighted by molar-refractivity contribution is 6.31. The van der Waals surface area contributed by atoms with Crippen molar-refractivity contribution >= 4 is 28.9 Å². The molecule has 0 radical (unpaired) electrons. The van der Waals surface area contributed by atoms with Gasteiger partial charge in [-0.25, -0.2) is 13.2 Å². The lowest BCUT2D eigenvalue weighted by atomic mass is 10.1. The number of anilines is 2. The second kappa shape index (κ2) is 6.02. The predicted molar refractivity (Wildman–Crippen MR) is 73.5 cm³/mol. The van der Waals surface area contributed by atoms with Crippen molar-refractivity contribution in [2.24, 2.45) is 5.84 Å². The molecule has 0 saturated heterocycles. The second-order valence-corrected chi connectivity index (χ2v) is 4.42. The van der Waals surface area contributed by atoms with E-state index in [0.717, 1.165) is 12.1 Å². The van der Waals surface area contributed by atoms with Gasteiger partial charge < -0.3 is 10.7 Å². The van der Waals surface area contributed by atoms with Crippen molar-refractivity contribution in [3.63, 3.8) is 0 Å². The molecule has 2 aromatic carbocycles. The molecule has 0 atom stereocenters. The smallest absolute Gasteiger partial charge is 0.255 e. The summed E-state index contributed by atoms with van der Waals surface area (Å²) in [6.45, 7) is 0. The van der Waals surface area contributed by atoms with Crippen LogP contribution in [0.15, 0.2) is 30.3 Å². The summed E-state index contributed by atoms with van der Waals surface area (Å²) < 4.78 is 40.6. The number of halogens is 4. The standard InChI is InChI=1S/C13H9ClF3N3O/c14-7-2-1-3-10(11(7)17)19-13(21)6-4-8(15)12(20-18)9(16)5-6/h1-5,20H,18H2,(H,19,21). The van der Waals surface area contributed by atoms with E-state index in [1.165, 1.54) is 18.2 Å². The summed E-state index contributed by atoms with van der Waals surface area (Å²) >= 11 is 5.56. The van der Waals surface area contributed by atoms with E-state index in [1.54, 1.807) is 0 Å². The average molecular weight is 316 g/mol. The van der Waals surface area contributed by atoms with Crippen LogP contribution in [0.4, 0.5) is 24.5 Å². The number of nitrogens with one attached hydrogen (secondary N) is 2. The zero-order valence-corrected chi connectivity index (χ0v) is 11.1. The maximum atomic E-state index is 13.6. The van der Waals surface area contributed by atoms with E-state index in [1.807, 2.05) is 5.43 Å². The molecule has 0 aromatic heterocycles. The summed E-state index contributed by atoms with van der Waals surface area (Å²) in [5.74, 6) is 1.12. The van der Waals surface area contributed by atoms with Crippen LogP contribution in [0, 0.1) is 17.5 Å². The van der Waals surface area contributed by atoms with E-state index in [-0.39, 0.29) is 16.3 Å². The Hall–Kier alpha value is -2.25. The van der Waals surface area contributed by atoms with Gasteiger partial charge in [-0.3, -0.25) is 10.6 Å². The van der Waals surface area contributed by atoms with Gasteiger partial charge in [-0.1, -0.05) is 17.7 Å². The number of carbonyl (C=O) groups excluding carboxylic acids is 1. The van der Waals surface area contributed by atoms with Crippen LogP contribution in [0.2, 0.25) is 5.02 Å². The minimum absolute atomic E-state index is 0.187. The lowest BCUT2D eigenvalue weighted by molar-refractivity contribution is 0.102. The van der Waals surface area contributed by atoms with E-state index in [0.29, 0.717) is 0 Å². The molecule has 4 N–H and O–H groups in total. The fourth-order valence-electron chi connectivity index (χ4n) is 1.64. The Kier molecular flexibility index (Phi) is 4.35. The molecule has 1 amide bonds. The van der Waals surface area contributed by atoms with Gasteiger partial charge in [0, 0.05) is 5.56 Å². The molecule has 0 fully saturated rings. The largest absolute Gasteiger partial charge is 0.319 e. The SMILES string of the molecule is NNc1c(F)cc(C(=O)Nc2cccc(Cl)c2F)cc1F. The van der Waals surface area contributed by atoms with Gasteiger partial charge in [-0.15, -0.1) is 0 Å². The van der Waals surface area contributed by atoms with E-state index < -0.39 is 29.0 Å². The van der Waals surface area contributed by atoms with Crippen LogP contribution >= 0.6 is 11.6 Å². The van der Waals surface area contributed by atoms with Gasteiger partial charge in [0.1, 0.15) is 5.69 Å². The number of hydrazine groups is 1. The summed E-state index contributed by atoms with van der Waals surface area (Å²) in [5, 5.41) is 1.99. The van der Waals surface area contributed by atoms with Gasteiger partial charge in [0.05, 0.1) is 10.7 Å². The zero-order chi connectivity index (χ0) is 15.6. The van der Waals surface area contributed by atoms with Gasteiger partial charge in [0.25, 0.3) is 5.91 Å². The third-order valence-electron chi connectivity index (χ3n) is 2.65. The molecule has 0 saturated carbocycles. The second-order valence-electron chi connectivity index (χ2n) is 4.01. The van der Waals surface area contributed by atoms with Crippen LogP contribution < -0.4 is 16.6 Å². The predicted octanol–water partition coefficient (Wildman–Crippen LogP) is 3.30. The molecule has 0 aliphatic rings. The summed E-state index contributed by atoms with van der Waals surface area (Å²) in [5.41, 5.74) is 0.738. The van der Waals surface area contributed by atoms with Gasteiger partial charge in [-0.05, 0) is 24.3 Å². The molecule has 110 valence electrons. The number of hydrogen-bond donors (Lipinski definition) is 3. The normalized spacial score (nSPS) is 10.3. The first kappa shape index (κ1) is 15.1. The summed E-state index contributed by atoms with van der Waals surface area (Å²) in [4.78, 5) is 11.9. The molecule has 0 unspecified atom stereocenters. The molecule has 2 rings (SSSR count). The monoisotopic (exact) mass is 315 g/mol. The quantitative estimate of drug-likeness (QED) is 0.601. The fraction of sp³-hybridized carbons (Fsp3) is 0. The third kappa shape index (κ3) is 3.09. The minimum Gasteiger partial charge on any atom is -0.319 e. The molecule has 0 aliphatic carbocycles. The maximum absolute atomic E-state index is 13.6. The Morgan fingerprint density at radius 3 is 2.33 bits per heavy atom. The van der Waals surface area contributed by atoms with Crippen molar-refractivity contribution in [2.45, 2.75) is 0 Å². The molecular weight excluding hydrogens is 307 g/mol. The van der Waals surface area contributed by atoms with Crippen molar-refractivity contribution < 1.29 is 18.0 Å². The van der Waals surface area contributed by atoms with Crippen LogP contribution in [0.25, 0.3) is 0 Å². The van der Waals surface area contributed by atoms with Gasteiger partial charge in [0.2, 0.25) is 0 Å². The minimum atomic E-state index is -1.05. The number of nitrogens with two attached hydrogens (primary N) is 1. The van der Waals surface area contributed by atoms with Crippen molar-refractivity contribution in [1.29, 1.82) is 0 Å². The first-order valence-electron chi connectivity index (χ1n) is 5.65. The van der Waals surface area contributed by atoms with Crippen molar-refractivity contribution in [3.8, 4) is 0 Å². The van der Waals surface area contributed by atoms with Crippen LogP contribution in [0.5, 0.6) is 0 Å². The van der Waals surface area contributed by atoms with E-state index in [9.17, 15) is 18.0 Å². The van der Waals surface area contributed by atoms with E-state index >= 15 is 0 Å². The highest BCUT2D eigenvalue weighted by Crippen LogP contribution is 2.24. The number of carbonyl (C=O) groups is 1. The third-order valence-corrected chi connectivity index (χ3v) is 2.94. The molecule has 0 bridgehead atoms. The summed E-state index contributed by atoms with van der Waals surface area (Å²) in [6.07, 6.45) is 0. The van der Waals surface area contributed by atoms with Gasteiger partial charge >= 0.3 is 0 Å². The molecule has 21 heavy (non-hydrogen) atoms. The van der Waals surface area contributed by atoms with Crippen LogP contribution in [-0.4, -0.2) is 5.91 Å². The Morgan fingerprint density at radius 1 is 1.14 bits per heavy atom. The first-order valence-corrected chi connectivity index (χ1v) is 6.03. The van der Waals surface area contributed by atoms with Crippen molar-refractivity contribution in [3.05, 3.63) is 58.4 Å². The van der Waals surface area contributed by atoms with E-state index in [2.05, 4.69) is 5.32 Å². The van der Waals surface area contributed by atoms with Crippen LogP contribution in [0.1, 0.15) is 10.4 Å². The van der Waals surface area contributed by atoms with Crippen LogP contribution in [0.3, 0.4) is 0 Å². The lowest BCUT2D eigenvalue weighted by Gasteiger charge is -2.09. The molecular formula is C13H9ClF3N3O. The van der Waals surface area contributed by atoms with Gasteiger partial charge in [0.15, 0.2) is 17.5 Å². The molecule has 0 spiro atoms. The number of rotatable bonds is 3. The zero-order valence-electron chi connectivity index (χ0n) is 10.4. The Morgan fingerprint density at radius 2 is 1.76 bits per heavy atom. The Bertz CT molecular complexity index is 686. The van der Waals surface area contributed by atoms with Crippen molar-refractivity contribution in [1.82, 2.24) is 0 Å². The fourth-order valence-corrected chi connectivity index (χ4v) is 1.81. The molecule has 0 heterocycles. The highest BCUT2D eigenvalue weighted by Gasteiger charge is 2.16. The van der Waals surface area contributed by atoms with Gasteiger partial charge in [-0.2, -0.15) is 0 Å². The Balaban J connectivity index is 2.31. The van der Waals surface area contributed by atoms with E-state index in [4.69, 9.17) is 17.4 Å². The van der Waals surface area contributed by atoms with Crippen LogP contribution in [-0.2, 0) is 0 Å². The van der Waals surface area contributed by atoms with Crippen molar-refractivity contribution in [2.75, 3.05) is 10.7 Å². The number of nitrogen functional groups attached to an aromatic ring is 1. The first-order chi connectivity index (χ1) is 9.93. The number of amides is 1. The number of benzene rings is 2.